The Hall–Kier alpha value is -5.19. The Morgan fingerprint density at radius 2 is 1.58 bits per heavy atom. The lowest BCUT2D eigenvalue weighted by molar-refractivity contribution is -0.115. The minimum absolute atomic E-state index is 0.0819. The first-order chi connectivity index (χ1) is 25.3. The summed E-state index contributed by atoms with van der Waals surface area (Å²) in [4.78, 5) is 55.6. The molecular weight excluding hydrogens is 691 g/mol. The van der Waals surface area contributed by atoms with Gasteiger partial charge in [-0.05, 0) is 97.8 Å². The number of hydrogen-bond donors (Lipinski definition) is 3. The summed E-state index contributed by atoms with van der Waals surface area (Å²) in [7, 11) is 0. The van der Waals surface area contributed by atoms with E-state index in [1.165, 1.54) is 23.1 Å². The highest BCUT2D eigenvalue weighted by molar-refractivity contribution is 8.00. The number of amides is 3. The highest BCUT2D eigenvalue weighted by Crippen LogP contribution is 2.38. The zero-order valence-corrected chi connectivity index (χ0v) is 30.8. The fourth-order valence-electron chi connectivity index (χ4n) is 6.22. The minimum Gasteiger partial charge on any atom is -0.462 e. The lowest BCUT2D eigenvalue weighted by Gasteiger charge is -2.15. The van der Waals surface area contributed by atoms with Crippen LogP contribution >= 0.6 is 23.1 Å². The first-order valence-corrected chi connectivity index (χ1v) is 19.3. The normalized spacial score (nSPS) is 13.6. The van der Waals surface area contributed by atoms with Crippen molar-refractivity contribution < 1.29 is 23.9 Å². The number of thioether (sulfide) groups is 1. The lowest BCUT2D eigenvalue weighted by atomic mass is 9.96. The Kier molecular flexibility index (Phi) is 12.2. The molecule has 3 N–H and O–H groups in total. The zero-order chi connectivity index (χ0) is 36.5. The second-order valence-corrected chi connectivity index (χ2v) is 15.0. The Morgan fingerprint density at radius 3 is 2.38 bits per heavy atom. The van der Waals surface area contributed by atoms with E-state index in [4.69, 9.17) is 4.74 Å². The van der Waals surface area contributed by atoms with Crippen LogP contribution in [-0.4, -0.2) is 35.5 Å². The number of benzene rings is 4. The minimum atomic E-state index is -0.516. The summed E-state index contributed by atoms with van der Waals surface area (Å²) >= 11 is 2.82. The standard InChI is InChI=1S/C42H41N3O5S2/c1-3-50-42(49)37-34-23-9-4-5-10-24-36(34)52-41(37)45-38(46)27(2)51-32-21-14-20-31(26-32)43-40(48)35(44-39(47)29-16-7-6-8-17-29)25-30-19-13-18-28-15-11-12-22-33(28)30/h6-8,11-22,25-27H,3-5,9-10,23-24H2,1-2H3,(H,43,48)(H,44,47)(H,45,46)/b35-25+. The van der Waals surface area contributed by atoms with Gasteiger partial charge in [-0.1, -0.05) is 79.6 Å². The van der Waals surface area contributed by atoms with Gasteiger partial charge in [-0.25, -0.2) is 4.79 Å². The molecule has 1 aliphatic carbocycles. The van der Waals surface area contributed by atoms with Crippen molar-refractivity contribution in [3.8, 4) is 0 Å². The van der Waals surface area contributed by atoms with Gasteiger partial charge in [0.1, 0.15) is 10.7 Å². The number of esters is 1. The van der Waals surface area contributed by atoms with E-state index in [0.717, 1.165) is 70.2 Å². The second-order valence-electron chi connectivity index (χ2n) is 12.5. The first kappa shape index (κ1) is 36.6. The van der Waals surface area contributed by atoms with Crippen LogP contribution in [0.3, 0.4) is 0 Å². The summed E-state index contributed by atoms with van der Waals surface area (Å²) < 4.78 is 5.41. The molecule has 1 aromatic heterocycles. The Bertz CT molecular complexity index is 2120. The maximum Gasteiger partial charge on any atom is 0.341 e. The Morgan fingerprint density at radius 1 is 0.846 bits per heavy atom. The summed E-state index contributed by atoms with van der Waals surface area (Å²) in [6.07, 6.45) is 7.71. The number of carbonyl (C=O) groups excluding carboxylic acids is 4. The number of fused-ring (bicyclic) bond motifs is 2. The zero-order valence-electron chi connectivity index (χ0n) is 29.2. The van der Waals surface area contributed by atoms with Gasteiger partial charge in [0.05, 0.1) is 17.4 Å². The molecule has 1 unspecified atom stereocenters. The molecule has 1 heterocycles. The average molecular weight is 732 g/mol. The van der Waals surface area contributed by atoms with Crippen LogP contribution in [0.15, 0.2) is 108 Å². The number of ether oxygens (including phenoxy) is 1. The van der Waals surface area contributed by atoms with E-state index < -0.39 is 23.0 Å². The first-order valence-electron chi connectivity index (χ1n) is 17.6. The molecule has 1 aliphatic rings. The van der Waals surface area contributed by atoms with Crippen LogP contribution in [0.1, 0.15) is 76.3 Å². The van der Waals surface area contributed by atoms with Crippen LogP contribution in [0.4, 0.5) is 10.7 Å². The second kappa shape index (κ2) is 17.4. The van der Waals surface area contributed by atoms with Crippen molar-refractivity contribution in [1.82, 2.24) is 5.32 Å². The van der Waals surface area contributed by atoms with Gasteiger partial charge in [0, 0.05) is 21.0 Å². The van der Waals surface area contributed by atoms with Gasteiger partial charge in [-0.3, -0.25) is 14.4 Å². The van der Waals surface area contributed by atoms with Crippen LogP contribution in [0.2, 0.25) is 0 Å². The quantitative estimate of drug-likeness (QED) is 0.0709. The topological polar surface area (TPSA) is 114 Å². The predicted molar refractivity (Wildman–Crippen MR) is 211 cm³/mol. The number of thiophene rings is 1. The molecule has 0 fully saturated rings. The number of rotatable bonds is 11. The Balaban J connectivity index is 1.19. The molecule has 3 amide bonds. The van der Waals surface area contributed by atoms with Crippen molar-refractivity contribution in [1.29, 1.82) is 0 Å². The summed E-state index contributed by atoms with van der Waals surface area (Å²) in [6.45, 7) is 3.85. The third-order valence-corrected chi connectivity index (χ3v) is 11.1. The summed E-state index contributed by atoms with van der Waals surface area (Å²) in [5, 5.41) is 10.8. The van der Waals surface area contributed by atoms with Gasteiger partial charge < -0.3 is 20.7 Å². The largest absolute Gasteiger partial charge is 0.462 e. The van der Waals surface area contributed by atoms with Gasteiger partial charge in [-0.2, -0.15) is 0 Å². The monoisotopic (exact) mass is 731 g/mol. The predicted octanol–water partition coefficient (Wildman–Crippen LogP) is 9.27. The molecule has 0 aliphatic heterocycles. The van der Waals surface area contributed by atoms with Crippen LogP contribution in [0, 0.1) is 0 Å². The van der Waals surface area contributed by atoms with Crippen molar-refractivity contribution >= 4 is 74.3 Å². The van der Waals surface area contributed by atoms with Crippen molar-refractivity contribution in [2.45, 2.75) is 62.5 Å². The smallest absolute Gasteiger partial charge is 0.341 e. The highest BCUT2D eigenvalue weighted by Gasteiger charge is 2.27. The third kappa shape index (κ3) is 8.99. The molecule has 0 bridgehead atoms. The number of nitrogens with one attached hydrogen (secondary N) is 3. The molecule has 1 atom stereocenters. The molecule has 0 saturated carbocycles. The van der Waals surface area contributed by atoms with Gasteiger partial charge in [-0.15, -0.1) is 23.1 Å². The van der Waals surface area contributed by atoms with Crippen LogP contribution < -0.4 is 16.0 Å². The van der Waals surface area contributed by atoms with Gasteiger partial charge in [0.25, 0.3) is 11.8 Å². The molecule has 0 spiro atoms. The van der Waals surface area contributed by atoms with Crippen LogP contribution in [0.25, 0.3) is 16.8 Å². The summed E-state index contributed by atoms with van der Waals surface area (Å²) in [6, 6.07) is 29.6. The molecule has 0 radical (unpaired) electrons. The van der Waals surface area contributed by atoms with Gasteiger partial charge in [0.2, 0.25) is 5.91 Å². The third-order valence-electron chi connectivity index (χ3n) is 8.81. The maximum absolute atomic E-state index is 13.8. The van der Waals surface area contributed by atoms with E-state index in [2.05, 4.69) is 16.0 Å². The molecule has 52 heavy (non-hydrogen) atoms. The molecule has 5 aromatic rings. The number of aryl methyl sites for hydroxylation is 1. The van der Waals surface area contributed by atoms with Gasteiger partial charge >= 0.3 is 5.97 Å². The highest BCUT2D eigenvalue weighted by atomic mass is 32.2. The number of hydrogen-bond acceptors (Lipinski definition) is 7. The molecule has 266 valence electrons. The van der Waals surface area contributed by atoms with E-state index >= 15 is 0 Å². The molecule has 10 heteroatoms. The van der Waals surface area contributed by atoms with E-state index in [0.29, 0.717) is 21.8 Å². The lowest BCUT2D eigenvalue weighted by Crippen LogP contribution is -2.30. The van der Waals surface area contributed by atoms with E-state index in [9.17, 15) is 19.2 Å². The molecular formula is C42H41N3O5S2. The fourth-order valence-corrected chi connectivity index (χ4v) is 8.42. The van der Waals surface area contributed by atoms with E-state index in [1.54, 1.807) is 55.5 Å². The fraction of sp³-hybridized carbons (Fsp3) is 0.238. The average Bonchev–Trinajstić information content (AvgIpc) is 3.47. The molecule has 6 rings (SSSR count). The van der Waals surface area contributed by atoms with Crippen LogP contribution in [0.5, 0.6) is 0 Å². The van der Waals surface area contributed by atoms with Crippen molar-refractivity contribution in [3.63, 3.8) is 0 Å². The molecule has 4 aromatic carbocycles. The van der Waals surface area contributed by atoms with E-state index in [-0.39, 0.29) is 18.2 Å². The molecule has 8 nitrogen and oxygen atoms in total. The number of anilines is 2. The van der Waals surface area contributed by atoms with Crippen molar-refractivity contribution in [3.05, 3.63) is 130 Å². The summed E-state index contributed by atoms with van der Waals surface area (Å²) in [5.41, 5.74) is 3.29. The van der Waals surface area contributed by atoms with Crippen LogP contribution in [-0.2, 0) is 27.2 Å². The summed E-state index contributed by atoms with van der Waals surface area (Å²) in [5.74, 6) is -1.53. The Labute approximate surface area is 312 Å². The van der Waals surface area contributed by atoms with Crippen molar-refractivity contribution in [2.24, 2.45) is 0 Å². The van der Waals surface area contributed by atoms with Gasteiger partial charge in [0.15, 0.2) is 0 Å². The van der Waals surface area contributed by atoms with Crippen molar-refractivity contribution in [2.75, 3.05) is 17.2 Å². The molecule has 0 saturated heterocycles. The number of carbonyl (C=O) groups is 4. The SMILES string of the molecule is CCOC(=O)c1c(NC(=O)C(C)Sc2cccc(NC(=O)/C(=C\c3cccc4ccccc34)NC(=O)c3ccccc3)c2)sc2c1CCCCCC2. The van der Waals surface area contributed by atoms with E-state index in [1.807, 2.05) is 61.5 Å². The maximum atomic E-state index is 13.8.